The zero-order chi connectivity index (χ0) is 21.7. The van der Waals surface area contributed by atoms with E-state index in [1.807, 2.05) is 57.2 Å². The number of ether oxygens (including phenoxy) is 1. The number of unbranched alkanes of at least 4 members (excludes halogenated alkanes) is 3. The number of benzene rings is 2. The third kappa shape index (κ3) is 4.57. The van der Waals surface area contributed by atoms with E-state index in [0.717, 1.165) is 35.5 Å². The van der Waals surface area contributed by atoms with Gasteiger partial charge in [-0.05, 0) is 39.3 Å². The van der Waals surface area contributed by atoms with Crippen LogP contribution in [0.3, 0.4) is 0 Å². The summed E-state index contributed by atoms with van der Waals surface area (Å²) in [5.41, 5.74) is 3.89. The van der Waals surface area contributed by atoms with Crippen molar-refractivity contribution in [3.63, 3.8) is 0 Å². The van der Waals surface area contributed by atoms with Gasteiger partial charge in [-0.25, -0.2) is 4.79 Å². The molecule has 0 aliphatic carbocycles. The number of nitrogens with zero attached hydrogens (tertiary/aromatic N) is 2. The molecular weight excluding hydrogens is 372 g/mol. The molecule has 0 atom stereocenters. The molecule has 1 heterocycles. The Kier molecular flexibility index (Phi) is 6.62. The molecule has 4 heteroatoms. The van der Waals surface area contributed by atoms with Crippen molar-refractivity contribution in [2.24, 2.45) is 0 Å². The van der Waals surface area contributed by atoms with Crippen molar-refractivity contribution >= 4 is 22.9 Å². The highest BCUT2D eigenvalue weighted by Crippen LogP contribution is 2.46. The molecule has 1 aliphatic heterocycles. The van der Waals surface area contributed by atoms with E-state index in [-0.39, 0.29) is 5.57 Å². The molecule has 0 saturated heterocycles. The molecule has 0 spiro atoms. The van der Waals surface area contributed by atoms with Crippen LogP contribution >= 0.6 is 0 Å². The number of fused-ring (bicyclic) bond motifs is 2. The maximum atomic E-state index is 12.9. The van der Waals surface area contributed by atoms with Gasteiger partial charge in [-0.3, -0.25) is 0 Å². The Morgan fingerprint density at radius 3 is 2.03 bits per heavy atom. The number of hydrogen-bond donors (Lipinski definition) is 0. The Labute approximate surface area is 179 Å². The third-order valence-corrected chi connectivity index (χ3v) is 5.13. The van der Waals surface area contributed by atoms with Crippen LogP contribution in [-0.4, -0.2) is 18.1 Å². The summed E-state index contributed by atoms with van der Waals surface area (Å²) in [6.07, 6.45) is 4.69. The molecule has 0 bridgehead atoms. The van der Waals surface area contributed by atoms with Crippen molar-refractivity contribution in [2.45, 2.75) is 59.0 Å². The highest BCUT2D eigenvalue weighted by molar-refractivity contribution is 6.10. The molecule has 0 unspecified atom stereocenters. The van der Waals surface area contributed by atoms with E-state index in [0.29, 0.717) is 5.57 Å². The van der Waals surface area contributed by atoms with Gasteiger partial charge in [-0.1, -0.05) is 62.6 Å². The lowest BCUT2D eigenvalue weighted by molar-refractivity contribution is -0.149. The highest BCUT2D eigenvalue weighted by atomic mass is 16.6. The summed E-state index contributed by atoms with van der Waals surface area (Å²) in [5.74, 6) is -0.582. The second-order valence-electron chi connectivity index (χ2n) is 8.61. The molecule has 2 aromatic carbocycles. The lowest BCUT2D eigenvalue weighted by Crippen LogP contribution is -2.27. The standard InChI is InChI=1S/C26H30N2O2/c1-5-6-7-12-17-28-22-15-10-8-13-19(22)24(20-14-9-11-16-23(20)28)21(18-27)25(29)30-26(2,3)4/h8-11,13-16H,5-7,12,17H2,1-4H3. The van der Waals surface area contributed by atoms with Crippen molar-refractivity contribution in [2.75, 3.05) is 11.4 Å². The average Bonchev–Trinajstić information content (AvgIpc) is 2.71. The molecule has 156 valence electrons. The minimum absolute atomic E-state index is 0.0513. The summed E-state index contributed by atoms with van der Waals surface area (Å²) in [7, 11) is 0. The van der Waals surface area contributed by atoms with Gasteiger partial charge in [0.1, 0.15) is 17.2 Å². The maximum absolute atomic E-state index is 12.9. The van der Waals surface area contributed by atoms with Gasteiger partial charge in [0.2, 0.25) is 0 Å². The van der Waals surface area contributed by atoms with Crippen molar-refractivity contribution in [3.8, 4) is 6.07 Å². The zero-order valence-electron chi connectivity index (χ0n) is 18.4. The van der Waals surface area contributed by atoms with Crippen LogP contribution in [0.2, 0.25) is 0 Å². The van der Waals surface area contributed by atoms with Gasteiger partial charge in [-0.15, -0.1) is 0 Å². The largest absolute Gasteiger partial charge is 0.456 e. The first-order valence-corrected chi connectivity index (χ1v) is 10.7. The smallest absolute Gasteiger partial charge is 0.350 e. The Morgan fingerprint density at radius 2 is 1.53 bits per heavy atom. The van der Waals surface area contributed by atoms with Gasteiger partial charge in [-0.2, -0.15) is 5.26 Å². The number of rotatable bonds is 6. The molecule has 3 rings (SSSR count). The summed E-state index contributed by atoms with van der Waals surface area (Å²) < 4.78 is 5.56. The van der Waals surface area contributed by atoms with Crippen molar-refractivity contribution in [1.29, 1.82) is 5.26 Å². The number of para-hydroxylation sites is 2. The number of carbonyl (C=O) groups is 1. The van der Waals surface area contributed by atoms with E-state index in [9.17, 15) is 10.1 Å². The molecule has 0 N–H and O–H groups in total. The molecule has 0 fully saturated rings. The van der Waals surface area contributed by atoms with Crippen LogP contribution in [0, 0.1) is 11.3 Å². The van der Waals surface area contributed by atoms with Crippen LogP contribution in [0.15, 0.2) is 54.1 Å². The number of esters is 1. The third-order valence-electron chi connectivity index (χ3n) is 5.13. The minimum Gasteiger partial charge on any atom is -0.456 e. The first kappa shape index (κ1) is 21.6. The van der Waals surface area contributed by atoms with Gasteiger partial charge in [0, 0.05) is 34.6 Å². The van der Waals surface area contributed by atoms with Gasteiger partial charge in [0.05, 0.1) is 0 Å². The summed E-state index contributed by atoms with van der Waals surface area (Å²) in [5, 5.41) is 9.94. The summed E-state index contributed by atoms with van der Waals surface area (Å²) in [4.78, 5) is 15.2. The van der Waals surface area contributed by atoms with E-state index in [2.05, 4.69) is 30.0 Å². The molecular formula is C26H30N2O2. The lowest BCUT2D eigenvalue weighted by Gasteiger charge is -2.35. The Balaban J connectivity index is 2.15. The molecule has 0 saturated carbocycles. The van der Waals surface area contributed by atoms with E-state index in [1.54, 1.807) is 0 Å². The van der Waals surface area contributed by atoms with Crippen LogP contribution < -0.4 is 4.90 Å². The number of hydrogen-bond acceptors (Lipinski definition) is 4. The van der Waals surface area contributed by atoms with E-state index < -0.39 is 11.6 Å². The van der Waals surface area contributed by atoms with Crippen molar-refractivity contribution < 1.29 is 9.53 Å². The van der Waals surface area contributed by atoms with E-state index in [1.165, 1.54) is 19.3 Å². The fraction of sp³-hybridized carbons (Fsp3) is 0.385. The van der Waals surface area contributed by atoms with Crippen LogP contribution in [0.25, 0.3) is 5.57 Å². The Bertz CT molecular complexity index is 943. The molecule has 0 aromatic heterocycles. The average molecular weight is 403 g/mol. The van der Waals surface area contributed by atoms with Gasteiger partial charge in [0.15, 0.2) is 0 Å². The SMILES string of the molecule is CCCCCCN1c2ccccc2C(=C(C#N)C(=O)OC(C)(C)C)c2ccccc21. The zero-order valence-corrected chi connectivity index (χ0v) is 18.4. The predicted octanol–water partition coefficient (Wildman–Crippen LogP) is 6.39. The van der Waals surface area contributed by atoms with Crippen LogP contribution in [-0.2, 0) is 9.53 Å². The monoisotopic (exact) mass is 402 g/mol. The minimum atomic E-state index is -0.668. The van der Waals surface area contributed by atoms with Gasteiger partial charge < -0.3 is 9.64 Å². The first-order chi connectivity index (χ1) is 14.4. The number of nitriles is 1. The summed E-state index contributed by atoms with van der Waals surface area (Å²) in [6.45, 7) is 8.54. The molecule has 30 heavy (non-hydrogen) atoms. The molecule has 4 nitrogen and oxygen atoms in total. The number of anilines is 2. The molecule has 1 aliphatic rings. The van der Waals surface area contributed by atoms with Crippen LogP contribution in [0.4, 0.5) is 11.4 Å². The lowest BCUT2D eigenvalue weighted by atomic mass is 9.86. The normalized spacial score (nSPS) is 12.6. The quantitative estimate of drug-likeness (QED) is 0.243. The van der Waals surface area contributed by atoms with E-state index in [4.69, 9.17) is 4.74 Å². The second-order valence-corrected chi connectivity index (χ2v) is 8.61. The van der Waals surface area contributed by atoms with Gasteiger partial charge >= 0.3 is 5.97 Å². The molecule has 0 amide bonds. The fourth-order valence-corrected chi connectivity index (χ4v) is 3.86. The van der Waals surface area contributed by atoms with Gasteiger partial charge in [0.25, 0.3) is 0 Å². The predicted molar refractivity (Wildman–Crippen MR) is 122 cm³/mol. The Morgan fingerprint density at radius 1 is 0.967 bits per heavy atom. The number of carbonyl (C=O) groups excluding carboxylic acids is 1. The Hall–Kier alpha value is -3.06. The highest BCUT2D eigenvalue weighted by Gasteiger charge is 2.31. The molecule has 2 aromatic rings. The van der Waals surface area contributed by atoms with Crippen LogP contribution in [0.1, 0.15) is 64.5 Å². The van der Waals surface area contributed by atoms with E-state index >= 15 is 0 Å². The summed E-state index contributed by atoms with van der Waals surface area (Å²) in [6, 6.07) is 18.1. The fourth-order valence-electron chi connectivity index (χ4n) is 3.86. The van der Waals surface area contributed by atoms with Crippen molar-refractivity contribution in [3.05, 3.63) is 65.2 Å². The first-order valence-electron chi connectivity index (χ1n) is 10.7. The second kappa shape index (κ2) is 9.17. The summed E-state index contributed by atoms with van der Waals surface area (Å²) >= 11 is 0. The van der Waals surface area contributed by atoms with Crippen LogP contribution in [0.5, 0.6) is 0 Å². The molecule has 0 radical (unpaired) electrons. The van der Waals surface area contributed by atoms with Crippen molar-refractivity contribution in [1.82, 2.24) is 0 Å². The maximum Gasteiger partial charge on any atom is 0.350 e. The topological polar surface area (TPSA) is 53.3 Å².